The molecule has 0 saturated carbocycles. The van der Waals surface area contributed by atoms with Crippen molar-refractivity contribution in [1.82, 2.24) is 5.32 Å². The van der Waals surface area contributed by atoms with E-state index in [1.54, 1.807) is 0 Å². The number of hydrogen-bond donors (Lipinski definition) is 3. The molecule has 2 unspecified atom stereocenters. The fraction of sp³-hybridized carbons (Fsp3) is 0.300. The van der Waals surface area contributed by atoms with Crippen molar-refractivity contribution in [2.75, 3.05) is 13.1 Å². The van der Waals surface area contributed by atoms with Crippen LogP contribution in [0.2, 0.25) is 0 Å². The smallest absolute Gasteiger partial charge is 0.311 e. The Morgan fingerprint density at radius 1 is 1.12 bits per heavy atom. The van der Waals surface area contributed by atoms with Crippen LogP contribution < -0.4 is 11.1 Å². The van der Waals surface area contributed by atoms with Crippen LogP contribution in [-0.2, 0) is 9.59 Å². The van der Waals surface area contributed by atoms with E-state index in [0.717, 1.165) is 24.1 Å². The third kappa shape index (κ3) is 5.43. The van der Waals surface area contributed by atoms with E-state index in [2.05, 4.69) is 5.32 Å². The molecule has 4 N–H and O–H groups in total. The Kier molecular flexibility index (Phi) is 7.16. The van der Waals surface area contributed by atoms with Gasteiger partial charge in [0.05, 0.1) is 11.8 Å². The first kappa shape index (κ1) is 18.7. The Hall–Kier alpha value is -2.66. The summed E-state index contributed by atoms with van der Waals surface area (Å²) in [6.45, 7) is 1.21. The van der Waals surface area contributed by atoms with Crippen molar-refractivity contribution in [1.29, 1.82) is 0 Å². The van der Waals surface area contributed by atoms with Crippen LogP contribution in [0.15, 0.2) is 60.7 Å². The van der Waals surface area contributed by atoms with Crippen LogP contribution in [0.4, 0.5) is 0 Å². The van der Waals surface area contributed by atoms with Gasteiger partial charge in [0.25, 0.3) is 0 Å². The van der Waals surface area contributed by atoms with Gasteiger partial charge in [-0.3, -0.25) is 9.59 Å². The molecule has 0 spiro atoms. The number of hydrogen-bond acceptors (Lipinski definition) is 3. The zero-order chi connectivity index (χ0) is 18.1. The second kappa shape index (κ2) is 9.59. The highest BCUT2D eigenvalue weighted by atomic mass is 16.4. The lowest BCUT2D eigenvalue weighted by Crippen LogP contribution is -2.17. The van der Waals surface area contributed by atoms with Crippen molar-refractivity contribution < 1.29 is 14.7 Å². The van der Waals surface area contributed by atoms with E-state index in [1.807, 2.05) is 60.7 Å². The molecule has 132 valence electrons. The molecular formula is C20H24N2O3. The molecule has 1 aliphatic rings. The number of carbonyl (C=O) groups is 2. The second-order valence-corrected chi connectivity index (χ2v) is 5.92. The summed E-state index contributed by atoms with van der Waals surface area (Å²) in [5.74, 6) is -1.02. The molecule has 2 aromatic rings. The van der Waals surface area contributed by atoms with Crippen molar-refractivity contribution in [2.45, 2.75) is 24.7 Å². The van der Waals surface area contributed by atoms with E-state index in [-0.39, 0.29) is 11.8 Å². The third-order valence-electron chi connectivity index (χ3n) is 4.21. The molecule has 1 saturated heterocycles. The summed E-state index contributed by atoms with van der Waals surface area (Å²) >= 11 is 0. The van der Waals surface area contributed by atoms with Gasteiger partial charge in [-0.1, -0.05) is 60.7 Å². The molecule has 0 bridgehead atoms. The lowest BCUT2D eigenvalue weighted by atomic mass is 9.96. The Morgan fingerprint density at radius 2 is 1.72 bits per heavy atom. The molecule has 1 aliphatic heterocycles. The van der Waals surface area contributed by atoms with Gasteiger partial charge in [-0.05, 0) is 30.5 Å². The van der Waals surface area contributed by atoms with Crippen molar-refractivity contribution in [2.24, 2.45) is 5.73 Å². The topological polar surface area (TPSA) is 92.4 Å². The van der Waals surface area contributed by atoms with Crippen molar-refractivity contribution in [3.63, 3.8) is 0 Å². The zero-order valence-corrected chi connectivity index (χ0v) is 14.1. The summed E-state index contributed by atoms with van der Waals surface area (Å²) in [5.41, 5.74) is 7.29. The molecule has 1 amide bonds. The molecule has 0 aromatic heterocycles. The summed E-state index contributed by atoms with van der Waals surface area (Å²) in [6.07, 6.45) is 1.42. The van der Waals surface area contributed by atoms with Crippen LogP contribution in [0.25, 0.3) is 0 Å². The molecule has 1 heterocycles. The standard InChI is InChI=1S/C10H13NO2.C10H11NO/c11-7-6-9(10(12)13)8-4-2-1-3-5-8;12-10-9(6-7-11-10)8-4-2-1-3-5-8/h1-5,9H,6-7,11H2,(H,12,13);1-5,9H,6-7H2,(H,11,12). The Balaban J connectivity index is 0.000000181. The van der Waals surface area contributed by atoms with E-state index in [4.69, 9.17) is 10.8 Å². The summed E-state index contributed by atoms with van der Waals surface area (Å²) in [5, 5.41) is 11.7. The van der Waals surface area contributed by atoms with Crippen molar-refractivity contribution in [3.8, 4) is 0 Å². The maximum Gasteiger partial charge on any atom is 0.311 e. The predicted octanol–water partition coefficient (Wildman–Crippen LogP) is 2.49. The first-order valence-electron chi connectivity index (χ1n) is 8.44. The number of nitrogens with one attached hydrogen (secondary N) is 1. The van der Waals surface area contributed by atoms with Crippen LogP contribution in [0.1, 0.15) is 35.8 Å². The highest BCUT2D eigenvalue weighted by molar-refractivity contribution is 5.85. The largest absolute Gasteiger partial charge is 0.481 e. The monoisotopic (exact) mass is 340 g/mol. The van der Waals surface area contributed by atoms with Crippen molar-refractivity contribution >= 4 is 11.9 Å². The van der Waals surface area contributed by atoms with Crippen LogP contribution >= 0.6 is 0 Å². The fourth-order valence-corrected chi connectivity index (χ4v) is 2.88. The van der Waals surface area contributed by atoms with Gasteiger partial charge in [0, 0.05) is 6.54 Å². The van der Waals surface area contributed by atoms with Gasteiger partial charge in [-0.15, -0.1) is 0 Å². The first-order chi connectivity index (χ1) is 12.1. The number of amides is 1. The van der Waals surface area contributed by atoms with Gasteiger partial charge < -0.3 is 16.2 Å². The minimum atomic E-state index is -0.809. The highest BCUT2D eigenvalue weighted by Crippen LogP contribution is 2.22. The van der Waals surface area contributed by atoms with E-state index in [0.29, 0.717) is 13.0 Å². The van der Waals surface area contributed by atoms with Gasteiger partial charge in [0.15, 0.2) is 0 Å². The number of carboxylic acids is 1. The van der Waals surface area contributed by atoms with Gasteiger partial charge in [0.2, 0.25) is 5.91 Å². The lowest BCUT2D eigenvalue weighted by molar-refractivity contribution is -0.138. The van der Waals surface area contributed by atoms with Crippen LogP contribution in [-0.4, -0.2) is 30.1 Å². The second-order valence-electron chi connectivity index (χ2n) is 5.92. The number of carbonyl (C=O) groups excluding carboxylic acids is 1. The minimum absolute atomic E-state index is 0.0891. The Morgan fingerprint density at radius 3 is 2.20 bits per heavy atom. The molecule has 5 heteroatoms. The van der Waals surface area contributed by atoms with E-state index in [9.17, 15) is 9.59 Å². The molecule has 2 aromatic carbocycles. The molecule has 0 radical (unpaired) electrons. The summed E-state index contributed by atoms with van der Waals surface area (Å²) in [6, 6.07) is 19.1. The van der Waals surface area contributed by atoms with Crippen molar-refractivity contribution in [3.05, 3.63) is 71.8 Å². The quantitative estimate of drug-likeness (QED) is 0.780. The van der Waals surface area contributed by atoms with Crippen LogP contribution in [0.3, 0.4) is 0 Å². The van der Waals surface area contributed by atoms with E-state index < -0.39 is 11.9 Å². The Bertz CT molecular complexity index is 674. The van der Waals surface area contributed by atoms with Gasteiger partial charge in [0.1, 0.15) is 0 Å². The fourth-order valence-electron chi connectivity index (χ4n) is 2.88. The summed E-state index contributed by atoms with van der Waals surface area (Å²) < 4.78 is 0. The normalized spacial score (nSPS) is 17.2. The van der Waals surface area contributed by atoms with Gasteiger partial charge in [-0.25, -0.2) is 0 Å². The predicted molar refractivity (Wildman–Crippen MR) is 97.3 cm³/mol. The number of aliphatic carboxylic acids is 1. The average Bonchev–Trinajstić information content (AvgIpc) is 3.07. The maximum atomic E-state index is 11.3. The van der Waals surface area contributed by atoms with Crippen LogP contribution in [0.5, 0.6) is 0 Å². The SMILES string of the molecule is NCCC(C(=O)O)c1ccccc1.O=C1NCCC1c1ccccc1. The zero-order valence-electron chi connectivity index (χ0n) is 14.1. The van der Waals surface area contributed by atoms with Crippen LogP contribution in [0, 0.1) is 0 Å². The number of nitrogens with two attached hydrogens (primary N) is 1. The molecule has 25 heavy (non-hydrogen) atoms. The lowest BCUT2D eigenvalue weighted by Gasteiger charge is -2.10. The average molecular weight is 340 g/mol. The minimum Gasteiger partial charge on any atom is -0.481 e. The third-order valence-corrected chi connectivity index (χ3v) is 4.21. The molecule has 0 aliphatic carbocycles. The number of carboxylic acid groups (broad SMARTS) is 1. The van der Waals surface area contributed by atoms with Gasteiger partial charge in [-0.2, -0.15) is 0 Å². The summed E-state index contributed by atoms with van der Waals surface area (Å²) in [7, 11) is 0. The molecule has 5 nitrogen and oxygen atoms in total. The molecule has 3 rings (SSSR count). The maximum absolute atomic E-state index is 11.3. The number of rotatable bonds is 5. The van der Waals surface area contributed by atoms with E-state index >= 15 is 0 Å². The number of benzene rings is 2. The molecule has 1 fully saturated rings. The Labute approximate surface area is 147 Å². The molecular weight excluding hydrogens is 316 g/mol. The highest BCUT2D eigenvalue weighted by Gasteiger charge is 2.24. The van der Waals surface area contributed by atoms with Gasteiger partial charge >= 0.3 is 5.97 Å². The molecule has 2 atom stereocenters. The first-order valence-corrected chi connectivity index (χ1v) is 8.44. The van der Waals surface area contributed by atoms with E-state index in [1.165, 1.54) is 0 Å². The summed E-state index contributed by atoms with van der Waals surface area (Å²) in [4.78, 5) is 22.1.